The molecule has 1 N–H and O–H groups in total. The Morgan fingerprint density at radius 1 is 1.00 bits per heavy atom. The Hall–Kier alpha value is -3.55. The lowest BCUT2D eigenvalue weighted by molar-refractivity contribution is -0.122. The summed E-state index contributed by atoms with van der Waals surface area (Å²) in [6.45, 7) is 10.4. The van der Waals surface area contributed by atoms with Crippen LogP contribution in [0.1, 0.15) is 31.9 Å². The van der Waals surface area contributed by atoms with Crippen LogP contribution in [-0.2, 0) is 4.79 Å². The van der Waals surface area contributed by atoms with E-state index in [4.69, 9.17) is 18.8 Å². The van der Waals surface area contributed by atoms with Gasteiger partial charge in [-0.05, 0) is 86.4 Å². The molecule has 1 atom stereocenters. The molecule has 0 fully saturated rings. The third kappa shape index (κ3) is 5.53. The maximum Gasteiger partial charge on any atom is 0.266 e. The number of nitrogens with zero attached hydrogens (tertiary/aromatic N) is 2. The molecule has 2 aromatic carbocycles. The van der Waals surface area contributed by atoms with Gasteiger partial charge in [-0.25, -0.2) is 4.63 Å². The minimum Gasteiger partial charge on any atom is -0.490 e. The van der Waals surface area contributed by atoms with Gasteiger partial charge in [-0.3, -0.25) is 4.79 Å². The average Bonchev–Trinajstić information content (AvgIpc) is 3.17. The third-order valence-electron chi connectivity index (χ3n) is 4.42. The number of aromatic nitrogens is 2. The van der Waals surface area contributed by atoms with Crippen LogP contribution in [0.5, 0.6) is 17.2 Å². The minimum absolute atomic E-state index is 0.201. The standard InChI is InChI=1S/C23H27N3O5/c1-6-28-19-9-8-17(13-20(19)29-7-2)21-22(26-31-25-21)24-23(27)16(5)30-18-11-14(3)10-15(4)12-18/h8-13,16H,6-7H2,1-5H3,(H,24,26,27)/t16-/m0/s1. The minimum atomic E-state index is -0.745. The summed E-state index contributed by atoms with van der Waals surface area (Å²) >= 11 is 0. The molecular weight excluding hydrogens is 398 g/mol. The van der Waals surface area contributed by atoms with Gasteiger partial charge in [-0.15, -0.1) is 0 Å². The number of rotatable bonds is 9. The quantitative estimate of drug-likeness (QED) is 0.537. The van der Waals surface area contributed by atoms with E-state index >= 15 is 0 Å². The van der Waals surface area contributed by atoms with E-state index in [1.54, 1.807) is 25.1 Å². The first-order valence-corrected chi connectivity index (χ1v) is 10.2. The first kappa shape index (κ1) is 22.1. The van der Waals surface area contributed by atoms with Gasteiger partial charge in [0.2, 0.25) is 5.82 Å². The topological polar surface area (TPSA) is 95.7 Å². The van der Waals surface area contributed by atoms with Gasteiger partial charge in [-0.1, -0.05) is 6.07 Å². The number of amides is 1. The predicted molar refractivity (Wildman–Crippen MR) is 117 cm³/mol. The molecule has 0 aliphatic heterocycles. The lowest BCUT2D eigenvalue weighted by atomic mass is 10.1. The molecule has 0 aliphatic carbocycles. The van der Waals surface area contributed by atoms with E-state index in [0.29, 0.717) is 41.7 Å². The van der Waals surface area contributed by atoms with Crippen molar-refractivity contribution in [1.82, 2.24) is 10.3 Å². The van der Waals surface area contributed by atoms with Crippen molar-refractivity contribution in [2.75, 3.05) is 18.5 Å². The fourth-order valence-electron chi connectivity index (χ4n) is 3.14. The summed E-state index contributed by atoms with van der Waals surface area (Å²) in [5.74, 6) is 1.67. The van der Waals surface area contributed by atoms with Gasteiger partial charge in [0.1, 0.15) is 5.75 Å². The normalized spacial score (nSPS) is 11.6. The van der Waals surface area contributed by atoms with Gasteiger partial charge < -0.3 is 19.5 Å². The SMILES string of the molecule is CCOc1ccc(-c2nonc2NC(=O)[C@H](C)Oc2cc(C)cc(C)c2)cc1OCC. The van der Waals surface area contributed by atoms with Crippen LogP contribution in [0.3, 0.4) is 0 Å². The molecule has 8 heteroatoms. The first-order valence-electron chi connectivity index (χ1n) is 10.2. The third-order valence-corrected chi connectivity index (χ3v) is 4.42. The van der Waals surface area contributed by atoms with Crippen LogP contribution >= 0.6 is 0 Å². The van der Waals surface area contributed by atoms with E-state index in [0.717, 1.165) is 11.1 Å². The Labute approximate surface area is 181 Å². The molecule has 0 saturated heterocycles. The van der Waals surface area contributed by atoms with Crippen molar-refractivity contribution in [3.63, 3.8) is 0 Å². The Balaban J connectivity index is 1.76. The highest BCUT2D eigenvalue weighted by Gasteiger charge is 2.21. The Morgan fingerprint density at radius 2 is 1.68 bits per heavy atom. The van der Waals surface area contributed by atoms with E-state index < -0.39 is 6.10 Å². The van der Waals surface area contributed by atoms with Gasteiger partial charge in [-0.2, -0.15) is 0 Å². The van der Waals surface area contributed by atoms with Crippen LogP contribution in [0.15, 0.2) is 41.0 Å². The molecule has 0 radical (unpaired) electrons. The maximum atomic E-state index is 12.7. The largest absolute Gasteiger partial charge is 0.490 e. The molecule has 8 nitrogen and oxygen atoms in total. The van der Waals surface area contributed by atoms with Crippen LogP contribution in [0.2, 0.25) is 0 Å². The monoisotopic (exact) mass is 425 g/mol. The molecule has 3 aromatic rings. The summed E-state index contributed by atoms with van der Waals surface area (Å²) in [4.78, 5) is 12.7. The number of anilines is 1. The summed E-state index contributed by atoms with van der Waals surface area (Å²) < 4.78 is 21.9. The van der Waals surface area contributed by atoms with Gasteiger partial charge >= 0.3 is 0 Å². The number of carbonyl (C=O) groups excluding carboxylic acids is 1. The highest BCUT2D eigenvalue weighted by atomic mass is 16.6. The number of hydrogen-bond donors (Lipinski definition) is 1. The molecule has 0 aliphatic rings. The summed E-state index contributed by atoms with van der Waals surface area (Å²) in [6, 6.07) is 11.2. The molecule has 0 unspecified atom stereocenters. The second-order valence-corrected chi connectivity index (χ2v) is 7.06. The molecular formula is C23H27N3O5. The second kappa shape index (κ2) is 9.97. The maximum absolute atomic E-state index is 12.7. The van der Waals surface area contributed by atoms with Crippen LogP contribution in [0.25, 0.3) is 11.3 Å². The Bertz CT molecular complexity index is 1030. The molecule has 1 aromatic heterocycles. The van der Waals surface area contributed by atoms with Crippen molar-refractivity contribution >= 4 is 11.7 Å². The average molecular weight is 425 g/mol. The zero-order valence-electron chi connectivity index (χ0n) is 18.4. The molecule has 3 rings (SSSR count). The van der Waals surface area contributed by atoms with E-state index in [1.165, 1.54) is 0 Å². The van der Waals surface area contributed by atoms with Crippen molar-refractivity contribution in [3.8, 4) is 28.5 Å². The van der Waals surface area contributed by atoms with E-state index in [9.17, 15) is 4.79 Å². The summed E-state index contributed by atoms with van der Waals surface area (Å²) in [5.41, 5.74) is 3.18. The Kier molecular flexibility index (Phi) is 7.12. The van der Waals surface area contributed by atoms with Gasteiger partial charge in [0.25, 0.3) is 5.91 Å². The zero-order valence-corrected chi connectivity index (χ0v) is 18.4. The Morgan fingerprint density at radius 3 is 2.35 bits per heavy atom. The van der Waals surface area contributed by atoms with Crippen molar-refractivity contribution in [3.05, 3.63) is 47.5 Å². The molecule has 164 valence electrons. The van der Waals surface area contributed by atoms with Crippen LogP contribution in [0.4, 0.5) is 5.82 Å². The lowest BCUT2D eigenvalue weighted by Gasteiger charge is -2.15. The van der Waals surface area contributed by atoms with Gasteiger partial charge in [0.15, 0.2) is 23.3 Å². The van der Waals surface area contributed by atoms with Crippen molar-refractivity contribution in [2.45, 2.75) is 40.7 Å². The zero-order chi connectivity index (χ0) is 22.4. The van der Waals surface area contributed by atoms with E-state index in [-0.39, 0.29) is 11.7 Å². The van der Waals surface area contributed by atoms with Crippen LogP contribution < -0.4 is 19.5 Å². The highest BCUT2D eigenvalue weighted by molar-refractivity contribution is 5.96. The molecule has 1 amide bonds. The second-order valence-electron chi connectivity index (χ2n) is 7.06. The summed E-state index contributed by atoms with van der Waals surface area (Å²) in [6.07, 6.45) is -0.745. The molecule has 0 bridgehead atoms. The van der Waals surface area contributed by atoms with Crippen molar-refractivity contribution < 1.29 is 23.6 Å². The van der Waals surface area contributed by atoms with Crippen LogP contribution in [-0.4, -0.2) is 35.5 Å². The summed E-state index contributed by atoms with van der Waals surface area (Å²) in [7, 11) is 0. The molecule has 1 heterocycles. The number of ether oxygens (including phenoxy) is 3. The smallest absolute Gasteiger partial charge is 0.266 e. The fraction of sp³-hybridized carbons (Fsp3) is 0.348. The molecule has 0 saturated carbocycles. The summed E-state index contributed by atoms with van der Waals surface area (Å²) in [5, 5.41) is 10.5. The van der Waals surface area contributed by atoms with Gasteiger partial charge in [0.05, 0.1) is 13.2 Å². The number of carbonyl (C=O) groups is 1. The van der Waals surface area contributed by atoms with Crippen molar-refractivity contribution in [1.29, 1.82) is 0 Å². The number of hydrogen-bond acceptors (Lipinski definition) is 7. The lowest BCUT2D eigenvalue weighted by Crippen LogP contribution is -2.30. The number of nitrogens with one attached hydrogen (secondary N) is 1. The first-order chi connectivity index (χ1) is 14.9. The molecule has 0 spiro atoms. The van der Waals surface area contributed by atoms with Crippen LogP contribution in [0, 0.1) is 13.8 Å². The van der Waals surface area contributed by atoms with E-state index in [1.807, 2.05) is 45.9 Å². The van der Waals surface area contributed by atoms with Gasteiger partial charge in [0, 0.05) is 5.56 Å². The molecule has 31 heavy (non-hydrogen) atoms. The highest BCUT2D eigenvalue weighted by Crippen LogP contribution is 2.34. The van der Waals surface area contributed by atoms with E-state index in [2.05, 4.69) is 15.6 Å². The number of benzene rings is 2. The number of aryl methyl sites for hydroxylation is 2. The predicted octanol–water partition coefficient (Wildman–Crippen LogP) is 4.56. The fourth-order valence-corrected chi connectivity index (χ4v) is 3.14. The van der Waals surface area contributed by atoms with Crippen molar-refractivity contribution in [2.24, 2.45) is 0 Å².